The van der Waals surface area contributed by atoms with Gasteiger partial charge in [-0.1, -0.05) is 70.2 Å². The van der Waals surface area contributed by atoms with Crippen molar-refractivity contribution >= 4 is 75.5 Å². The van der Waals surface area contributed by atoms with Crippen LogP contribution in [0.15, 0.2) is 108 Å². The molecule has 254 valence electrons. The van der Waals surface area contributed by atoms with E-state index in [9.17, 15) is 4.79 Å². The van der Waals surface area contributed by atoms with Gasteiger partial charge in [-0.2, -0.15) is 4.98 Å². The summed E-state index contributed by atoms with van der Waals surface area (Å²) in [5.41, 5.74) is 8.53. The maximum absolute atomic E-state index is 13.5. The summed E-state index contributed by atoms with van der Waals surface area (Å²) in [7, 11) is -0.306. The van der Waals surface area contributed by atoms with Crippen molar-refractivity contribution in [2.24, 2.45) is 5.41 Å². The van der Waals surface area contributed by atoms with Crippen LogP contribution in [0, 0.1) is 10.8 Å². The number of anilines is 5. The van der Waals surface area contributed by atoms with E-state index < -0.39 is 11.4 Å². The molecule has 0 aliphatic carbocycles. The first-order valence-electron chi connectivity index (χ1n) is 15.8. The van der Waals surface area contributed by atoms with Crippen LogP contribution in [-0.4, -0.2) is 40.2 Å². The number of urea groups is 1. The van der Waals surface area contributed by atoms with Crippen molar-refractivity contribution in [3.05, 3.63) is 103 Å². The number of aromatic nitrogens is 3. The van der Waals surface area contributed by atoms with E-state index in [1.807, 2.05) is 69.3 Å². The van der Waals surface area contributed by atoms with Gasteiger partial charge in [0.1, 0.15) is 11.6 Å². The van der Waals surface area contributed by atoms with Crippen LogP contribution in [0.2, 0.25) is 0 Å². The number of nitrogens with two attached hydrogens (primary N) is 1. The molecule has 6 aromatic rings. The first-order valence-corrected chi connectivity index (χ1v) is 18.0. The summed E-state index contributed by atoms with van der Waals surface area (Å²) in [6.45, 7) is 10.2. The molecule has 0 bridgehead atoms. The normalized spacial score (nSPS) is 11.8. The Kier molecular flexibility index (Phi) is 9.65. The van der Waals surface area contributed by atoms with Crippen LogP contribution in [0.4, 0.5) is 33.6 Å². The number of rotatable bonds is 10. The van der Waals surface area contributed by atoms with Crippen LogP contribution in [0.25, 0.3) is 21.7 Å². The average Bonchev–Trinajstić information content (AvgIpc) is 3.45. The third-order valence-corrected chi connectivity index (χ3v) is 9.03. The number of hydrogen-bond acceptors (Lipinski definition) is 10. The average molecular weight is 688 g/mol. The minimum absolute atomic E-state index is 0.298. The van der Waals surface area contributed by atoms with E-state index in [1.54, 1.807) is 36.5 Å². The quantitative estimate of drug-likeness (QED) is 0.0610. The number of nitrogens with one attached hydrogen (secondary N) is 5. The Morgan fingerprint density at radius 3 is 2.50 bits per heavy atom. The van der Waals surface area contributed by atoms with Gasteiger partial charge in [-0.25, -0.2) is 9.78 Å². The molecule has 0 spiro atoms. The molecule has 13 heteroatoms. The largest absolute Gasteiger partial charge is 0.438 e. The van der Waals surface area contributed by atoms with Gasteiger partial charge in [0.2, 0.25) is 11.8 Å². The molecule has 0 aliphatic rings. The summed E-state index contributed by atoms with van der Waals surface area (Å²) in [4.78, 5) is 22.3. The summed E-state index contributed by atoms with van der Waals surface area (Å²) >= 11 is 0. The van der Waals surface area contributed by atoms with Gasteiger partial charge in [0, 0.05) is 51.6 Å². The Bertz CT molecular complexity index is 2240. The molecule has 7 N–H and O–H groups in total. The van der Waals surface area contributed by atoms with Gasteiger partial charge in [-0.05, 0) is 61.1 Å². The molecule has 6 rings (SSSR count). The standard InChI is InChI=1S/C37H38N9O3P/c1-37(2,3)31(38)21-32(41-22-9-8-10-24(19-22)50(4)5)44-36(47)43-28-14-16-29(26-12-7-6-11-25(26)28)48-33-17-18-40-35(45-33)42-23-13-15-30-27(20-23)34(39)46-49-30/h6-21,38,41H,1-5H3,(H2,39,46)(H,40,42,45)(H2,43,44,47)/b32-21+,38-31?. The van der Waals surface area contributed by atoms with Crippen LogP contribution < -0.4 is 37.0 Å². The lowest BCUT2D eigenvalue weighted by atomic mass is 9.90. The SMILES string of the molecule is CP(C)c1cccc(N/C(=C\C(=N)C(C)(C)C)NC(=O)Nc2ccc(Oc3ccnc(Nc4ccc5onc(N)c5c4)n3)c3ccccc23)c1. The zero-order chi connectivity index (χ0) is 35.4. The Morgan fingerprint density at radius 1 is 0.920 bits per heavy atom. The minimum atomic E-state index is -0.466. The van der Waals surface area contributed by atoms with Gasteiger partial charge in [0.15, 0.2) is 11.4 Å². The number of fused-ring (bicyclic) bond motifs is 2. The maximum Gasteiger partial charge on any atom is 0.324 e. The molecular weight excluding hydrogens is 649 g/mol. The molecule has 50 heavy (non-hydrogen) atoms. The summed E-state index contributed by atoms with van der Waals surface area (Å²) in [6, 6.07) is 25.8. The van der Waals surface area contributed by atoms with E-state index in [2.05, 4.69) is 61.9 Å². The van der Waals surface area contributed by atoms with Crippen molar-refractivity contribution in [3.8, 4) is 11.6 Å². The number of hydrogen-bond donors (Lipinski definition) is 6. The third-order valence-electron chi connectivity index (χ3n) is 7.72. The predicted molar refractivity (Wildman–Crippen MR) is 204 cm³/mol. The summed E-state index contributed by atoms with van der Waals surface area (Å²) in [5, 5.41) is 28.2. The molecule has 2 amide bonds. The zero-order valence-corrected chi connectivity index (χ0v) is 29.2. The Hall–Kier alpha value is -6.00. The smallest absolute Gasteiger partial charge is 0.324 e. The topological polar surface area (TPSA) is 176 Å². The van der Waals surface area contributed by atoms with E-state index in [0.717, 1.165) is 16.5 Å². The van der Waals surface area contributed by atoms with Crippen molar-refractivity contribution in [2.45, 2.75) is 20.8 Å². The second kappa shape index (κ2) is 14.2. The summed E-state index contributed by atoms with van der Waals surface area (Å²) in [6.07, 6.45) is 3.24. The van der Waals surface area contributed by atoms with Crippen LogP contribution in [0.3, 0.4) is 0 Å². The van der Waals surface area contributed by atoms with Gasteiger partial charge in [-0.3, -0.25) is 5.32 Å². The van der Waals surface area contributed by atoms with Crippen molar-refractivity contribution in [2.75, 3.05) is 35.0 Å². The summed E-state index contributed by atoms with van der Waals surface area (Å²) in [5.74, 6) is 1.87. The van der Waals surface area contributed by atoms with Crippen LogP contribution >= 0.6 is 7.92 Å². The highest BCUT2D eigenvalue weighted by Gasteiger charge is 2.18. The monoisotopic (exact) mass is 687 g/mol. The molecule has 0 aliphatic heterocycles. The van der Waals surface area contributed by atoms with Crippen molar-refractivity contribution in [1.29, 1.82) is 5.41 Å². The molecule has 0 radical (unpaired) electrons. The highest BCUT2D eigenvalue weighted by atomic mass is 31.1. The first-order chi connectivity index (χ1) is 23.9. The number of carbonyl (C=O) groups excluding carboxylic acids is 1. The molecule has 0 saturated heterocycles. The highest BCUT2D eigenvalue weighted by Crippen LogP contribution is 2.34. The van der Waals surface area contributed by atoms with Gasteiger partial charge in [0.25, 0.3) is 0 Å². The second-order valence-electron chi connectivity index (χ2n) is 12.8. The number of amides is 2. The molecule has 0 unspecified atom stereocenters. The number of benzene rings is 4. The first kappa shape index (κ1) is 33.9. The molecule has 2 aromatic heterocycles. The van der Waals surface area contributed by atoms with E-state index in [4.69, 9.17) is 20.4 Å². The molecule has 0 fully saturated rings. The van der Waals surface area contributed by atoms with Gasteiger partial charge in [0.05, 0.1) is 11.1 Å². The number of nitrogens with zero attached hydrogens (tertiary/aromatic N) is 3. The lowest BCUT2D eigenvalue weighted by Gasteiger charge is -2.20. The number of carbonyl (C=O) groups is 1. The predicted octanol–water partition coefficient (Wildman–Crippen LogP) is 8.40. The van der Waals surface area contributed by atoms with Crippen LogP contribution in [0.1, 0.15) is 20.8 Å². The fourth-order valence-electron chi connectivity index (χ4n) is 4.96. The fourth-order valence-corrected chi connectivity index (χ4v) is 5.74. The van der Waals surface area contributed by atoms with E-state index in [0.29, 0.717) is 57.3 Å². The molecular formula is C37H38N9O3P. The Labute approximate surface area is 290 Å². The molecule has 12 nitrogen and oxygen atoms in total. The number of ether oxygens (including phenoxy) is 1. The molecule has 4 aromatic carbocycles. The Morgan fingerprint density at radius 2 is 1.72 bits per heavy atom. The van der Waals surface area contributed by atoms with E-state index >= 15 is 0 Å². The number of allylic oxidation sites excluding steroid dienone is 1. The minimum Gasteiger partial charge on any atom is -0.438 e. The molecule has 0 atom stereocenters. The van der Waals surface area contributed by atoms with Crippen LogP contribution in [-0.2, 0) is 0 Å². The van der Waals surface area contributed by atoms with Gasteiger partial charge >= 0.3 is 6.03 Å². The van der Waals surface area contributed by atoms with Crippen LogP contribution in [0.5, 0.6) is 11.6 Å². The lowest BCUT2D eigenvalue weighted by Crippen LogP contribution is -2.33. The van der Waals surface area contributed by atoms with E-state index in [1.165, 1.54) is 5.30 Å². The zero-order valence-electron chi connectivity index (χ0n) is 28.3. The van der Waals surface area contributed by atoms with Crippen molar-refractivity contribution in [3.63, 3.8) is 0 Å². The second-order valence-corrected chi connectivity index (χ2v) is 15.1. The van der Waals surface area contributed by atoms with Gasteiger partial charge in [-0.15, -0.1) is 0 Å². The lowest BCUT2D eigenvalue weighted by molar-refractivity contribution is 0.254. The highest BCUT2D eigenvalue weighted by molar-refractivity contribution is 7.64. The van der Waals surface area contributed by atoms with Gasteiger partial charge < -0.3 is 36.4 Å². The number of nitrogen functional groups attached to an aromatic ring is 1. The van der Waals surface area contributed by atoms with Crippen molar-refractivity contribution in [1.82, 2.24) is 20.4 Å². The Balaban J connectivity index is 1.20. The maximum atomic E-state index is 13.5. The third kappa shape index (κ3) is 7.99. The fraction of sp³-hybridized carbons (Fsp3) is 0.162. The molecule has 2 heterocycles. The summed E-state index contributed by atoms with van der Waals surface area (Å²) < 4.78 is 11.4. The van der Waals surface area contributed by atoms with Crippen molar-refractivity contribution < 1.29 is 14.1 Å². The molecule has 0 saturated carbocycles. The van der Waals surface area contributed by atoms with E-state index in [-0.39, 0.29) is 7.92 Å².